The average Bonchev–Trinajstić information content (AvgIpc) is 3.41. The molecule has 0 bridgehead atoms. The number of carbonyl (C=O) groups excluding carboxylic acids is 1. The van der Waals surface area contributed by atoms with Gasteiger partial charge < -0.3 is 10.1 Å². The first-order chi connectivity index (χ1) is 14.2. The van der Waals surface area contributed by atoms with Crippen LogP contribution in [0.4, 0.5) is 16.4 Å². The van der Waals surface area contributed by atoms with Crippen molar-refractivity contribution in [2.24, 2.45) is 5.92 Å². The van der Waals surface area contributed by atoms with Gasteiger partial charge in [-0.2, -0.15) is 4.98 Å². The summed E-state index contributed by atoms with van der Waals surface area (Å²) in [5, 5.41) is 11.4. The van der Waals surface area contributed by atoms with E-state index < -0.39 is 6.03 Å². The Morgan fingerprint density at radius 3 is 2.83 bits per heavy atom. The van der Waals surface area contributed by atoms with Gasteiger partial charge in [0.1, 0.15) is 22.7 Å². The lowest BCUT2D eigenvalue weighted by molar-refractivity contribution is 0.155. The molecule has 0 spiro atoms. The van der Waals surface area contributed by atoms with Gasteiger partial charge in [0.2, 0.25) is 5.88 Å². The minimum Gasteiger partial charge on any atom is -0.474 e. The van der Waals surface area contributed by atoms with Gasteiger partial charge in [0, 0.05) is 41.9 Å². The number of ether oxygens (including phenoxy) is 1. The highest BCUT2D eigenvalue weighted by Crippen LogP contribution is 2.25. The third kappa shape index (κ3) is 5.07. The second-order valence-corrected chi connectivity index (χ2v) is 7.65. The summed E-state index contributed by atoms with van der Waals surface area (Å²) >= 11 is 1.45. The van der Waals surface area contributed by atoms with Crippen molar-refractivity contribution in [3.8, 4) is 16.5 Å². The van der Waals surface area contributed by atoms with Crippen molar-refractivity contribution in [3.05, 3.63) is 48.1 Å². The van der Waals surface area contributed by atoms with E-state index in [0.29, 0.717) is 23.4 Å². The van der Waals surface area contributed by atoms with Crippen LogP contribution in [-0.2, 0) is 0 Å². The number of carbonyl (C=O) groups is 1. The van der Waals surface area contributed by atoms with Crippen molar-refractivity contribution in [2.75, 3.05) is 23.7 Å². The molecule has 1 aliphatic heterocycles. The van der Waals surface area contributed by atoms with Crippen LogP contribution in [-0.4, -0.2) is 40.2 Å². The lowest BCUT2D eigenvalue weighted by Gasteiger charge is -2.19. The summed E-state index contributed by atoms with van der Waals surface area (Å²) in [4.78, 5) is 25.1. The third-order valence-electron chi connectivity index (χ3n) is 4.71. The van der Waals surface area contributed by atoms with Gasteiger partial charge in [0.25, 0.3) is 0 Å². The Morgan fingerprint density at radius 1 is 1.21 bits per heavy atom. The second-order valence-electron chi connectivity index (χ2n) is 6.79. The summed E-state index contributed by atoms with van der Waals surface area (Å²) in [6.45, 7) is 4.03. The van der Waals surface area contributed by atoms with Crippen LogP contribution in [0.25, 0.3) is 10.6 Å². The molecule has 0 saturated carbocycles. The Balaban J connectivity index is 1.34. The molecule has 8 nitrogen and oxygen atoms in total. The standard InChI is InChI=1S/C20H22N6O2S/c1-13(15-7-10-22-11-15)28-18-4-2-3-16(23-18)25-20(27)26-17-12-29-19(24-17)14-5-8-21-9-6-14/h2-6,8-9,12-13,15,22H,7,10-11H2,1H3,(H2,23,25,26,27). The van der Waals surface area contributed by atoms with E-state index in [9.17, 15) is 4.79 Å². The number of urea groups is 1. The first-order valence-corrected chi connectivity index (χ1v) is 10.3. The highest BCUT2D eigenvalue weighted by molar-refractivity contribution is 7.13. The average molecular weight is 411 g/mol. The number of nitrogens with zero attached hydrogens (tertiary/aromatic N) is 3. The van der Waals surface area contributed by atoms with Crippen LogP contribution in [0, 0.1) is 5.92 Å². The SMILES string of the molecule is CC(Oc1cccc(NC(=O)Nc2csc(-c3ccncc3)n2)n1)C1CCNC1. The van der Waals surface area contributed by atoms with E-state index in [1.165, 1.54) is 11.3 Å². The Hall–Kier alpha value is -3.04. The highest BCUT2D eigenvalue weighted by atomic mass is 32.1. The lowest BCUT2D eigenvalue weighted by Crippen LogP contribution is -2.26. The highest BCUT2D eigenvalue weighted by Gasteiger charge is 2.23. The molecule has 2 amide bonds. The van der Waals surface area contributed by atoms with Crippen molar-refractivity contribution in [1.82, 2.24) is 20.3 Å². The molecule has 2 atom stereocenters. The number of nitrogens with one attached hydrogen (secondary N) is 3. The third-order valence-corrected chi connectivity index (χ3v) is 5.60. The molecule has 3 aromatic heterocycles. The molecule has 4 rings (SSSR count). The summed E-state index contributed by atoms with van der Waals surface area (Å²) in [6, 6.07) is 8.67. The van der Waals surface area contributed by atoms with Gasteiger partial charge in [-0.3, -0.25) is 15.6 Å². The Morgan fingerprint density at radius 2 is 2.03 bits per heavy atom. The first kappa shape index (κ1) is 19.3. The Kier molecular flexibility index (Phi) is 5.97. The lowest BCUT2D eigenvalue weighted by atomic mass is 10.0. The number of anilines is 2. The molecular formula is C20H22N6O2S. The maximum atomic E-state index is 12.3. The minimum absolute atomic E-state index is 0.0585. The first-order valence-electron chi connectivity index (χ1n) is 9.46. The quantitative estimate of drug-likeness (QED) is 0.574. The Labute approximate surface area is 172 Å². The molecule has 2 unspecified atom stereocenters. The predicted octanol–water partition coefficient (Wildman–Crippen LogP) is 3.62. The summed E-state index contributed by atoms with van der Waals surface area (Å²) in [5.41, 5.74) is 0.955. The number of hydrogen-bond acceptors (Lipinski definition) is 7. The van der Waals surface area contributed by atoms with Crippen molar-refractivity contribution >= 4 is 29.0 Å². The smallest absolute Gasteiger partial charge is 0.326 e. The van der Waals surface area contributed by atoms with Crippen molar-refractivity contribution in [2.45, 2.75) is 19.4 Å². The number of pyridine rings is 2. The van der Waals surface area contributed by atoms with E-state index in [4.69, 9.17) is 4.74 Å². The van der Waals surface area contributed by atoms with Crippen molar-refractivity contribution < 1.29 is 9.53 Å². The number of thiazole rings is 1. The van der Waals surface area contributed by atoms with E-state index in [0.717, 1.165) is 30.1 Å². The van der Waals surface area contributed by atoms with Gasteiger partial charge in [-0.25, -0.2) is 9.78 Å². The molecule has 29 heavy (non-hydrogen) atoms. The molecule has 3 N–H and O–H groups in total. The minimum atomic E-state index is -0.408. The van der Waals surface area contributed by atoms with Crippen LogP contribution in [0.1, 0.15) is 13.3 Å². The van der Waals surface area contributed by atoms with E-state index in [1.807, 2.05) is 18.2 Å². The van der Waals surface area contributed by atoms with Crippen molar-refractivity contribution in [1.29, 1.82) is 0 Å². The topological polar surface area (TPSA) is 101 Å². The Bertz CT molecular complexity index is 958. The van der Waals surface area contributed by atoms with Gasteiger partial charge in [0.05, 0.1) is 0 Å². The molecule has 0 aliphatic carbocycles. The molecule has 0 radical (unpaired) electrons. The summed E-state index contributed by atoms with van der Waals surface area (Å²) in [5.74, 6) is 1.86. The summed E-state index contributed by atoms with van der Waals surface area (Å²) in [7, 11) is 0. The van der Waals surface area contributed by atoms with Gasteiger partial charge in [0.15, 0.2) is 0 Å². The van der Waals surface area contributed by atoms with Crippen LogP contribution in [0.5, 0.6) is 5.88 Å². The van der Waals surface area contributed by atoms with Crippen LogP contribution in [0.15, 0.2) is 48.1 Å². The van der Waals surface area contributed by atoms with E-state index >= 15 is 0 Å². The number of amides is 2. The fourth-order valence-electron chi connectivity index (χ4n) is 3.14. The summed E-state index contributed by atoms with van der Waals surface area (Å²) in [6.07, 6.45) is 4.57. The molecule has 4 heterocycles. The van der Waals surface area contributed by atoms with Crippen LogP contribution in [0.2, 0.25) is 0 Å². The second kappa shape index (κ2) is 8.97. The molecule has 1 saturated heterocycles. The molecule has 9 heteroatoms. The van der Waals surface area contributed by atoms with E-state index in [2.05, 4.69) is 37.8 Å². The maximum absolute atomic E-state index is 12.3. The molecular weight excluding hydrogens is 388 g/mol. The van der Waals surface area contributed by atoms with Crippen molar-refractivity contribution in [3.63, 3.8) is 0 Å². The fourth-order valence-corrected chi connectivity index (χ4v) is 3.89. The molecule has 1 fully saturated rings. The predicted molar refractivity (Wildman–Crippen MR) is 113 cm³/mol. The van der Waals surface area contributed by atoms with Crippen LogP contribution >= 0.6 is 11.3 Å². The maximum Gasteiger partial charge on any atom is 0.326 e. The van der Waals surface area contributed by atoms with Gasteiger partial charge in [-0.1, -0.05) is 6.07 Å². The number of aromatic nitrogens is 3. The zero-order valence-electron chi connectivity index (χ0n) is 16.0. The summed E-state index contributed by atoms with van der Waals surface area (Å²) < 4.78 is 5.95. The molecule has 1 aliphatic rings. The van der Waals surface area contributed by atoms with Gasteiger partial charge in [-0.15, -0.1) is 11.3 Å². The molecule has 150 valence electrons. The van der Waals surface area contributed by atoms with Gasteiger partial charge >= 0.3 is 6.03 Å². The van der Waals surface area contributed by atoms with Crippen LogP contribution in [0.3, 0.4) is 0 Å². The largest absolute Gasteiger partial charge is 0.474 e. The van der Waals surface area contributed by atoms with Gasteiger partial charge in [-0.05, 0) is 38.1 Å². The molecule has 0 aromatic carbocycles. The molecule has 3 aromatic rings. The van der Waals surface area contributed by atoms with Crippen LogP contribution < -0.4 is 20.7 Å². The monoisotopic (exact) mass is 410 g/mol. The normalized spacial score (nSPS) is 16.9. The zero-order valence-corrected chi connectivity index (χ0v) is 16.8. The van der Waals surface area contributed by atoms with E-state index in [-0.39, 0.29) is 6.10 Å². The van der Waals surface area contributed by atoms with E-state index in [1.54, 1.807) is 29.9 Å². The zero-order chi connectivity index (χ0) is 20.1. The number of hydrogen-bond donors (Lipinski definition) is 3. The number of rotatable bonds is 6. The fraction of sp³-hybridized carbons (Fsp3) is 0.300.